The average molecular weight is 410 g/mol. The van der Waals surface area contributed by atoms with E-state index in [4.69, 9.17) is 5.73 Å². The van der Waals surface area contributed by atoms with Gasteiger partial charge in [-0.1, -0.05) is 30.3 Å². The highest BCUT2D eigenvalue weighted by Crippen LogP contribution is 2.41. The number of aromatic nitrogens is 1. The Morgan fingerprint density at radius 3 is 2.33 bits per heavy atom. The van der Waals surface area contributed by atoms with Crippen LogP contribution in [-0.2, 0) is 10.3 Å². The van der Waals surface area contributed by atoms with E-state index in [1.165, 1.54) is 42.4 Å². The number of carbonyl (C=O) groups excluding carboxylic acids is 1. The van der Waals surface area contributed by atoms with Crippen molar-refractivity contribution >= 4 is 11.9 Å². The second kappa shape index (κ2) is 7.29. The summed E-state index contributed by atoms with van der Waals surface area (Å²) in [4.78, 5) is 22.6. The van der Waals surface area contributed by atoms with E-state index in [-0.39, 0.29) is 17.3 Å². The van der Waals surface area contributed by atoms with Gasteiger partial charge in [-0.05, 0) is 52.6 Å². The van der Waals surface area contributed by atoms with E-state index in [2.05, 4.69) is 9.98 Å². The SMILES string of the molecule is CN1C(=O)C(c2cccc(-c3ccc(F)cc3)c2)(c2ccnc(C(F)F)c2)N=C1N. The fourth-order valence-corrected chi connectivity index (χ4v) is 3.54. The van der Waals surface area contributed by atoms with Crippen LogP contribution >= 0.6 is 0 Å². The summed E-state index contributed by atoms with van der Waals surface area (Å²) in [5.41, 5.74) is 5.98. The summed E-state index contributed by atoms with van der Waals surface area (Å²) in [6.07, 6.45) is -1.58. The highest BCUT2D eigenvalue weighted by Gasteiger charge is 2.49. The first-order chi connectivity index (χ1) is 14.3. The highest BCUT2D eigenvalue weighted by molar-refractivity contribution is 6.09. The fraction of sp³-hybridized carbons (Fsp3) is 0.136. The van der Waals surface area contributed by atoms with Gasteiger partial charge in [0.1, 0.15) is 11.5 Å². The number of nitrogens with two attached hydrogens (primary N) is 1. The monoisotopic (exact) mass is 410 g/mol. The van der Waals surface area contributed by atoms with E-state index >= 15 is 0 Å². The molecule has 0 saturated carbocycles. The molecule has 1 atom stereocenters. The van der Waals surface area contributed by atoms with E-state index in [9.17, 15) is 18.0 Å². The number of pyridine rings is 1. The van der Waals surface area contributed by atoms with Crippen LogP contribution in [-0.4, -0.2) is 28.8 Å². The van der Waals surface area contributed by atoms with Crippen LogP contribution in [0.2, 0.25) is 0 Å². The Balaban J connectivity index is 1.93. The summed E-state index contributed by atoms with van der Waals surface area (Å²) >= 11 is 0. The van der Waals surface area contributed by atoms with Crippen molar-refractivity contribution in [3.05, 3.63) is 89.5 Å². The Labute approximate surface area is 170 Å². The van der Waals surface area contributed by atoms with Crippen LogP contribution in [0.5, 0.6) is 0 Å². The van der Waals surface area contributed by atoms with Crippen LogP contribution in [0.1, 0.15) is 23.2 Å². The molecule has 152 valence electrons. The van der Waals surface area contributed by atoms with Gasteiger partial charge in [-0.25, -0.2) is 18.2 Å². The molecule has 1 aliphatic rings. The van der Waals surface area contributed by atoms with Gasteiger partial charge in [0.2, 0.25) is 0 Å². The number of alkyl halides is 2. The molecule has 1 aliphatic heterocycles. The van der Waals surface area contributed by atoms with E-state index in [1.54, 1.807) is 36.4 Å². The minimum Gasteiger partial charge on any atom is -0.369 e. The van der Waals surface area contributed by atoms with Crippen LogP contribution in [0.4, 0.5) is 13.2 Å². The van der Waals surface area contributed by atoms with Gasteiger partial charge in [0.05, 0.1) is 0 Å². The first-order valence-corrected chi connectivity index (χ1v) is 9.07. The number of benzene rings is 2. The predicted molar refractivity (Wildman–Crippen MR) is 106 cm³/mol. The van der Waals surface area contributed by atoms with Gasteiger partial charge >= 0.3 is 0 Å². The maximum absolute atomic E-state index is 13.3. The lowest BCUT2D eigenvalue weighted by atomic mass is 9.82. The Hall–Kier alpha value is -3.68. The smallest absolute Gasteiger partial charge is 0.280 e. The Bertz CT molecular complexity index is 1150. The van der Waals surface area contributed by atoms with E-state index in [0.717, 1.165) is 5.56 Å². The van der Waals surface area contributed by atoms with Gasteiger partial charge in [0.25, 0.3) is 12.3 Å². The lowest BCUT2D eigenvalue weighted by Crippen LogP contribution is -2.41. The van der Waals surface area contributed by atoms with Crippen LogP contribution in [0.15, 0.2) is 71.9 Å². The lowest BCUT2D eigenvalue weighted by Gasteiger charge is -2.26. The number of likely N-dealkylation sites (N-methyl/N-ethyl adjacent to an activating group) is 1. The van der Waals surface area contributed by atoms with Gasteiger partial charge in [0.15, 0.2) is 11.5 Å². The van der Waals surface area contributed by atoms with Gasteiger partial charge in [-0.2, -0.15) is 0 Å². The molecule has 0 spiro atoms. The number of hydrogen-bond acceptors (Lipinski definition) is 4. The van der Waals surface area contributed by atoms with Crippen LogP contribution in [0, 0.1) is 5.82 Å². The van der Waals surface area contributed by atoms with Crippen LogP contribution < -0.4 is 5.73 Å². The molecule has 2 N–H and O–H groups in total. The van der Waals surface area contributed by atoms with Crippen molar-refractivity contribution in [3.63, 3.8) is 0 Å². The number of amides is 1. The average Bonchev–Trinajstić information content (AvgIpc) is 2.99. The molecule has 5 nitrogen and oxygen atoms in total. The maximum Gasteiger partial charge on any atom is 0.280 e. The molecule has 30 heavy (non-hydrogen) atoms. The van der Waals surface area contributed by atoms with Gasteiger partial charge in [-0.15, -0.1) is 0 Å². The Morgan fingerprint density at radius 1 is 1.00 bits per heavy atom. The zero-order valence-electron chi connectivity index (χ0n) is 15.9. The van der Waals surface area contributed by atoms with Gasteiger partial charge in [0, 0.05) is 13.2 Å². The second-order valence-electron chi connectivity index (χ2n) is 6.90. The predicted octanol–water partition coefficient (Wildman–Crippen LogP) is 3.86. The van der Waals surface area contributed by atoms with E-state index in [0.29, 0.717) is 11.1 Å². The fourth-order valence-electron chi connectivity index (χ4n) is 3.54. The molecular formula is C22H17F3N4O. The molecule has 8 heteroatoms. The third-order valence-electron chi connectivity index (χ3n) is 5.12. The molecule has 1 amide bonds. The van der Waals surface area contributed by atoms with Crippen LogP contribution in [0.3, 0.4) is 0 Å². The van der Waals surface area contributed by atoms with Crippen molar-refractivity contribution in [1.82, 2.24) is 9.88 Å². The maximum atomic E-state index is 13.3. The number of aliphatic imine (C=N–C) groups is 1. The first-order valence-electron chi connectivity index (χ1n) is 9.07. The molecule has 0 fully saturated rings. The molecule has 2 heterocycles. The summed E-state index contributed by atoms with van der Waals surface area (Å²) in [5.74, 6) is -0.863. The van der Waals surface area contributed by atoms with Crippen molar-refractivity contribution in [2.75, 3.05) is 7.05 Å². The topological polar surface area (TPSA) is 71.6 Å². The summed E-state index contributed by atoms with van der Waals surface area (Å²) in [7, 11) is 1.47. The minimum atomic E-state index is -2.80. The highest BCUT2D eigenvalue weighted by atomic mass is 19.3. The zero-order valence-corrected chi connectivity index (χ0v) is 15.9. The molecule has 0 radical (unpaired) electrons. The van der Waals surface area contributed by atoms with Gasteiger partial charge < -0.3 is 5.73 Å². The second-order valence-corrected chi connectivity index (χ2v) is 6.90. The van der Waals surface area contributed by atoms with Crippen molar-refractivity contribution in [1.29, 1.82) is 0 Å². The molecule has 3 aromatic rings. The van der Waals surface area contributed by atoms with Gasteiger partial charge in [-0.3, -0.25) is 14.7 Å². The molecule has 4 rings (SSSR count). The Morgan fingerprint density at radius 2 is 1.70 bits per heavy atom. The standard InChI is InChI=1S/C22H17F3N4O/c1-29-20(30)22(28-21(29)26,16-9-10-27-18(12-16)19(24)25)15-4-2-3-14(11-15)13-5-7-17(23)8-6-13/h2-12,19H,1H3,(H2,26,28). The molecule has 0 aliphatic carbocycles. The molecule has 1 aromatic heterocycles. The normalized spacial score (nSPS) is 18.8. The first kappa shape index (κ1) is 19.6. The third kappa shape index (κ3) is 3.10. The van der Waals surface area contributed by atoms with Crippen molar-refractivity contribution in [2.45, 2.75) is 12.0 Å². The van der Waals surface area contributed by atoms with Crippen molar-refractivity contribution < 1.29 is 18.0 Å². The third-order valence-corrected chi connectivity index (χ3v) is 5.12. The molecule has 2 aromatic carbocycles. The number of rotatable bonds is 4. The number of hydrogen-bond donors (Lipinski definition) is 1. The summed E-state index contributed by atoms with van der Waals surface area (Å²) in [6.45, 7) is 0. The van der Waals surface area contributed by atoms with Crippen molar-refractivity contribution in [3.8, 4) is 11.1 Å². The van der Waals surface area contributed by atoms with E-state index < -0.39 is 23.6 Å². The molecule has 0 bridgehead atoms. The minimum absolute atomic E-state index is 0.0254. The van der Waals surface area contributed by atoms with Crippen LogP contribution in [0.25, 0.3) is 11.1 Å². The summed E-state index contributed by atoms with van der Waals surface area (Å²) in [5, 5.41) is 0. The molecule has 1 unspecified atom stereocenters. The summed E-state index contributed by atoms with van der Waals surface area (Å²) < 4.78 is 39.9. The largest absolute Gasteiger partial charge is 0.369 e. The number of carbonyl (C=O) groups is 1. The zero-order chi connectivity index (χ0) is 21.5. The molecule has 0 saturated heterocycles. The Kier molecular flexibility index (Phi) is 4.77. The number of nitrogens with zero attached hydrogens (tertiary/aromatic N) is 3. The van der Waals surface area contributed by atoms with E-state index in [1.807, 2.05) is 0 Å². The quantitative estimate of drug-likeness (QED) is 0.710. The lowest BCUT2D eigenvalue weighted by molar-refractivity contribution is -0.129. The van der Waals surface area contributed by atoms with Crippen molar-refractivity contribution in [2.24, 2.45) is 10.7 Å². The number of guanidine groups is 1. The molecular weight excluding hydrogens is 393 g/mol. The summed E-state index contributed by atoms with van der Waals surface area (Å²) in [6, 6.07) is 15.5. The number of halogens is 3.